The van der Waals surface area contributed by atoms with Gasteiger partial charge < -0.3 is 15.7 Å². The van der Waals surface area contributed by atoms with E-state index in [9.17, 15) is 14.4 Å². The number of hydrogen-bond donors (Lipinski definition) is 3. The van der Waals surface area contributed by atoms with Gasteiger partial charge in [0.1, 0.15) is 6.04 Å². The monoisotopic (exact) mass is 382 g/mol. The first-order valence-electron chi connectivity index (χ1n) is 9.37. The molecule has 2 rings (SSSR count). The topological polar surface area (TPSA) is 95.5 Å². The lowest BCUT2D eigenvalue weighted by atomic mass is 10.0. The highest BCUT2D eigenvalue weighted by molar-refractivity contribution is 5.97. The summed E-state index contributed by atoms with van der Waals surface area (Å²) >= 11 is 0. The van der Waals surface area contributed by atoms with Gasteiger partial charge in [-0.25, -0.2) is 0 Å². The Balaban J connectivity index is 2.03. The lowest BCUT2D eigenvalue weighted by molar-refractivity contribution is -0.138. The summed E-state index contributed by atoms with van der Waals surface area (Å²) in [5.74, 6) is -2.13. The molecular weight excluding hydrogens is 356 g/mol. The second-order valence-corrected chi connectivity index (χ2v) is 6.75. The molecule has 0 aromatic heterocycles. The minimum atomic E-state index is -0.930. The van der Waals surface area contributed by atoms with Crippen LogP contribution in [-0.4, -0.2) is 28.9 Å². The van der Waals surface area contributed by atoms with Gasteiger partial charge in [-0.05, 0) is 36.6 Å². The number of carbonyl (C=O) groups excluding carboxylic acids is 2. The molecule has 148 valence electrons. The highest BCUT2D eigenvalue weighted by atomic mass is 16.4. The van der Waals surface area contributed by atoms with Crippen molar-refractivity contribution >= 4 is 23.5 Å². The second-order valence-electron chi connectivity index (χ2n) is 6.75. The van der Waals surface area contributed by atoms with Crippen LogP contribution in [0.1, 0.15) is 43.7 Å². The number of carboxylic acid groups (broad SMARTS) is 1. The first kappa shape index (κ1) is 21.2. The Bertz CT molecular complexity index is 820. The molecule has 0 aliphatic heterocycles. The summed E-state index contributed by atoms with van der Waals surface area (Å²) < 4.78 is 0. The molecule has 2 aromatic carbocycles. The molecule has 2 atom stereocenters. The zero-order valence-corrected chi connectivity index (χ0v) is 16.1. The lowest BCUT2D eigenvalue weighted by Gasteiger charge is -2.18. The molecule has 0 radical (unpaired) electrons. The number of anilines is 1. The van der Waals surface area contributed by atoms with E-state index < -0.39 is 17.9 Å². The van der Waals surface area contributed by atoms with Gasteiger partial charge in [-0.1, -0.05) is 55.8 Å². The standard InChI is InChI=1S/C22H26N2O4/c1-3-8-19(24-20(25)13-16-9-5-4-6-10-16)21(26)23-18-12-7-11-17(14-18)15(2)22(27)28/h4-7,9-12,14-15,19H,3,8,13H2,1-2H3,(H,23,26)(H,24,25)(H,27,28). The molecular formula is C22H26N2O4. The summed E-state index contributed by atoms with van der Waals surface area (Å²) in [4.78, 5) is 36.1. The SMILES string of the molecule is CCCC(NC(=O)Cc1ccccc1)C(=O)Nc1cccc(C(C)C(=O)O)c1. The fourth-order valence-corrected chi connectivity index (χ4v) is 2.84. The van der Waals surface area contributed by atoms with E-state index in [0.717, 1.165) is 12.0 Å². The molecule has 0 saturated heterocycles. The Hall–Kier alpha value is -3.15. The van der Waals surface area contributed by atoms with E-state index in [1.54, 1.807) is 31.2 Å². The van der Waals surface area contributed by atoms with E-state index in [0.29, 0.717) is 17.7 Å². The summed E-state index contributed by atoms with van der Waals surface area (Å²) in [6, 6.07) is 15.4. The van der Waals surface area contributed by atoms with E-state index >= 15 is 0 Å². The fourth-order valence-electron chi connectivity index (χ4n) is 2.84. The molecule has 28 heavy (non-hydrogen) atoms. The molecule has 0 spiro atoms. The third-order valence-corrected chi connectivity index (χ3v) is 4.46. The van der Waals surface area contributed by atoms with Crippen molar-refractivity contribution in [3.63, 3.8) is 0 Å². The van der Waals surface area contributed by atoms with Crippen LogP contribution in [0.4, 0.5) is 5.69 Å². The van der Waals surface area contributed by atoms with Crippen LogP contribution in [0.2, 0.25) is 0 Å². The van der Waals surface area contributed by atoms with E-state index in [2.05, 4.69) is 10.6 Å². The summed E-state index contributed by atoms with van der Waals surface area (Å²) in [6.07, 6.45) is 1.46. The number of aliphatic carboxylic acids is 1. The van der Waals surface area contributed by atoms with Crippen LogP contribution in [0.3, 0.4) is 0 Å². The van der Waals surface area contributed by atoms with Crippen molar-refractivity contribution in [3.05, 3.63) is 65.7 Å². The largest absolute Gasteiger partial charge is 0.481 e. The van der Waals surface area contributed by atoms with Gasteiger partial charge in [-0.3, -0.25) is 14.4 Å². The number of benzene rings is 2. The van der Waals surface area contributed by atoms with Crippen molar-refractivity contribution in [2.24, 2.45) is 0 Å². The number of amides is 2. The molecule has 0 aliphatic rings. The van der Waals surface area contributed by atoms with Crippen LogP contribution in [0.25, 0.3) is 0 Å². The summed E-state index contributed by atoms with van der Waals surface area (Å²) in [5, 5.41) is 14.7. The van der Waals surface area contributed by atoms with Gasteiger partial charge in [0.2, 0.25) is 11.8 Å². The van der Waals surface area contributed by atoms with Gasteiger partial charge in [0.15, 0.2) is 0 Å². The van der Waals surface area contributed by atoms with E-state index in [1.165, 1.54) is 0 Å². The van der Waals surface area contributed by atoms with Crippen LogP contribution in [-0.2, 0) is 20.8 Å². The quantitative estimate of drug-likeness (QED) is 0.620. The normalized spacial score (nSPS) is 12.6. The fraction of sp³-hybridized carbons (Fsp3) is 0.318. The maximum Gasteiger partial charge on any atom is 0.310 e. The summed E-state index contributed by atoms with van der Waals surface area (Å²) in [6.45, 7) is 3.53. The van der Waals surface area contributed by atoms with Crippen molar-refractivity contribution in [3.8, 4) is 0 Å². The van der Waals surface area contributed by atoms with E-state index in [4.69, 9.17) is 5.11 Å². The van der Waals surface area contributed by atoms with Crippen LogP contribution in [0.5, 0.6) is 0 Å². The maximum atomic E-state index is 12.7. The molecule has 0 fully saturated rings. The molecule has 6 nitrogen and oxygen atoms in total. The Morgan fingerprint density at radius 2 is 1.75 bits per heavy atom. The molecule has 2 amide bonds. The van der Waals surface area contributed by atoms with Gasteiger partial charge in [0.05, 0.1) is 12.3 Å². The smallest absolute Gasteiger partial charge is 0.310 e. The van der Waals surface area contributed by atoms with Crippen molar-refractivity contribution in [1.82, 2.24) is 5.32 Å². The number of nitrogens with one attached hydrogen (secondary N) is 2. The minimum absolute atomic E-state index is 0.208. The molecule has 0 heterocycles. The predicted molar refractivity (Wildman–Crippen MR) is 108 cm³/mol. The number of carboxylic acids is 1. The highest BCUT2D eigenvalue weighted by Gasteiger charge is 2.21. The van der Waals surface area contributed by atoms with Gasteiger partial charge in [0.25, 0.3) is 0 Å². The van der Waals surface area contributed by atoms with Crippen molar-refractivity contribution in [1.29, 1.82) is 0 Å². The highest BCUT2D eigenvalue weighted by Crippen LogP contribution is 2.20. The Kier molecular flexibility index (Phi) is 7.75. The number of carbonyl (C=O) groups is 3. The number of hydrogen-bond acceptors (Lipinski definition) is 3. The van der Waals surface area contributed by atoms with Gasteiger partial charge >= 0.3 is 5.97 Å². The third-order valence-electron chi connectivity index (χ3n) is 4.46. The Morgan fingerprint density at radius 1 is 1.04 bits per heavy atom. The van der Waals surface area contributed by atoms with Crippen LogP contribution >= 0.6 is 0 Å². The molecule has 3 N–H and O–H groups in total. The zero-order valence-electron chi connectivity index (χ0n) is 16.1. The average molecular weight is 382 g/mol. The first-order valence-corrected chi connectivity index (χ1v) is 9.37. The van der Waals surface area contributed by atoms with E-state index in [-0.39, 0.29) is 18.2 Å². The maximum absolute atomic E-state index is 12.7. The third kappa shape index (κ3) is 6.23. The van der Waals surface area contributed by atoms with Crippen molar-refractivity contribution < 1.29 is 19.5 Å². The zero-order chi connectivity index (χ0) is 20.5. The summed E-state index contributed by atoms with van der Waals surface area (Å²) in [7, 11) is 0. The molecule has 0 saturated carbocycles. The first-order chi connectivity index (χ1) is 13.4. The molecule has 0 bridgehead atoms. The van der Waals surface area contributed by atoms with Crippen LogP contribution in [0, 0.1) is 0 Å². The summed E-state index contributed by atoms with van der Waals surface area (Å²) in [5.41, 5.74) is 1.99. The van der Waals surface area contributed by atoms with E-state index in [1.807, 2.05) is 37.3 Å². The Labute approximate surface area is 165 Å². The molecule has 0 aliphatic carbocycles. The van der Waals surface area contributed by atoms with Crippen molar-refractivity contribution in [2.75, 3.05) is 5.32 Å². The van der Waals surface area contributed by atoms with Gasteiger partial charge in [-0.2, -0.15) is 0 Å². The average Bonchev–Trinajstić information content (AvgIpc) is 2.68. The van der Waals surface area contributed by atoms with Crippen LogP contribution in [0.15, 0.2) is 54.6 Å². The second kappa shape index (κ2) is 10.3. The van der Waals surface area contributed by atoms with Crippen LogP contribution < -0.4 is 10.6 Å². The lowest BCUT2D eigenvalue weighted by Crippen LogP contribution is -2.44. The number of rotatable bonds is 9. The predicted octanol–water partition coefficient (Wildman–Crippen LogP) is 3.34. The van der Waals surface area contributed by atoms with Gasteiger partial charge in [-0.15, -0.1) is 0 Å². The van der Waals surface area contributed by atoms with Crippen molar-refractivity contribution in [2.45, 2.75) is 45.1 Å². The minimum Gasteiger partial charge on any atom is -0.481 e. The Morgan fingerprint density at radius 3 is 2.39 bits per heavy atom. The van der Waals surface area contributed by atoms with Gasteiger partial charge in [0, 0.05) is 5.69 Å². The molecule has 2 aromatic rings. The molecule has 6 heteroatoms. The molecule has 2 unspecified atom stereocenters.